The molecule has 0 radical (unpaired) electrons. The molecular weight excluding hydrogens is 546 g/mol. The minimum Gasteiger partial charge on any atom is -0.480 e. The molecule has 0 saturated heterocycles. The van der Waals surface area contributed by atoms with Gasteiger partial charge in [0.05, 0.1) is 12.4 Å². The molecule has 0 spiro atoms. The molecule has 0 fully saturated rings. The van der Waals surface area contributed by atoms with Gasteiger partial charge in [0.15, 0.2) is 0 Å². The largest absolute Gasteiger partial charge is 0.480 e. The quantitative estimate of drug-likeness (QED) is 0.131. The number of nitrogens with zero attached hydrogens (tertiary/aromatic N) is 1. The van der Waals surface area contributed by atoms with Crippen LogP contribution in [0.5, 0.6) is 0 Å². The molecule has 0 aliphatic carbocycles. The van der Waals surface area contributed by atoms with Crippen LogP contribution in [0.25, 0.3) is 10.9 Å². The number of H-pyrrole nitrogens is 2. The summed E-state index contributed by atoms with van der Waals surface area (Å²) in [6, 6.07) is 3.51. The first-order chi connectivity index (χ1) is 19.6. The fourth-order valence-corrected chi connectivity index (χ4v) is 4.95. The van der Waals surface area contributed by atoms with Gasteiger partial charge in [-0.25, -0.2) is 9.78 Å². The summed E-state index contributed by atoms with van der Waals surface area (Å²) >= 11 is 1.48. The van der Waals surface area contributed by atoms with Crippen molar-refractivity contribution in [3.63, 3.8) is 0 Å². The highest BCUT2D eigenvalue weighted by molar-refractivity contribution is 7.98. The predicted octanol–water partition coefficient (Wildman–Crippen LogP) is 1.34. The number of hydrogen-bond acceptors (Lipinski definition) is 7. The fraction of sp³-hybridized carbons (Fsp3) is 0.464. The van der Waals surface area contributed by atoms with Crippen molar-refractivity contribution < 1.29 is 24.3 Å². The Kier molecular flexibility index (Phi) is 11.8. The molecule has 12 nitrogen and oxygen atoms in total. The van der Waals surface area contributed by atoms with Gasteiger partial charge in [-0.15, -0.1) is 0 Å². The van der Waals surface area contributed by atoms with Gasteiger partial charge >= 0.3 is 5.97 Å². The van der Waals surface area contributed by atoms with E-state index in [-0.39, 0.29) is 31.6 Å². The lowest BCUT2D eigenvalue weighted by Gasteiger charge is -2.26. The van der Waals surface area contributed by atoms with Crippen LogP contribution in [0.15, 0.2) is 43.0 Å². The molecule has 8 N–H and O–H groups in total. The van der Waals surface area contributed by atoms with Crippen LogP contribution in [-0.2, 0) is 32.0 Å². The van der Waals surface area contributed by atoms with Crippen molar-refractivity contribution in [2.24, 2.45) is 11.7 Å². The van der Waals surface area contributed by atoms with E-state index in [0.717, 1.165) is 16.5 Å². The van der Waals surface area contributed by atoms with Gasteiger partial charge in [0.2, 0.25) is 17.7 Å². The molecule has 2 aromatic heterocycles. The van der Waals surface area contributed by atoms with E-state index in [4.69, 9.17) is 5.73 Å². The van der Waals surface area contributed by atoms with Gasteiger partial charge in [-0.05, 0) is 42.4 Å². The van der Waals surface area contributed by atoms with Gasteiger partial charge in [0.1, 0.15) is 18.1 Å². The van der Waals surface area contributed by atoms with E-state index in [9.17, 15) is 24.3 Å². The first kappa shape index (κ1) is 31.7. The summed E-state index contributed by atoms with van der Waals surface area (Å²) in [5, 5.41) is 18.6. The number of nitrogens with two attached hydrogens (primary N) is 1. The molecule has 3 aromatic rings. The van der Waals surface area contributed by atoms with Crippen LogP contribution in [0.4, 0.5) is 0 Å². The van der Waals surface area contributed by atoms with E-state index in [2.05, 4.69) is 30.9 Å². The molecule has 3 rings (SSSR count). The maximum Gasteiger partial charge on any atom is 0.326 e. The van der Waals surface area contributed by atoms with Crippen LogP contribution in [0.3, 0.4) is 0 Å². The lowest BCUT2D eigenvalue weighted by molar-refractivity contribution is -0.142. The molecule has 222 valence electrons. The van der Waals surface area contributed by atoms with Gasteiger partial charge in [-0.2, -0.15) is 11.8 Å². The Morgan fingerprint density at radius 1 is 0.976 bits per heavy atom. The van der Waals surface area contributed by atoms with E-state index in [1.165, 1.54) is 18.1 Å². The van der Waals surface area contributed by atoms with Crippen molar-refractivity contribution in [1.82, 2.24) is 30.9 Å². The third-order valence-corrected chi connectivity index (χ3v) is 7.27. The molecule has 0 bridgehead atoms. The smallest absolute Gasteiger partial charge is 0.326 e. The Labute approximate surface area is 243 Å². The zero-order valence-electron chi connectivity index (χ0n) is 23.5. The number of carbonyl (C=O) groups is 4. The third kappa shape index (κ3) is 9.35. The molecule has 4 unspecified atom stereocenters. The molecule has 0 aliphatic heterocycles. The molecule has 3 amide bonds. The normalized spacial score (nSPS) is 14.3. The molecule has 2 heterocycles. The number of fused-ring (bicyclic) bond motifs is 1. The minimum atomic E-state index is -1.14. The monoisotopic (exact) mass is 585 g/mol. The zero-order valence-corrected chi connectivity index (χ0v) is 24.3. The Morgan fingerprint density at radius 3 is 2.32 bits per heavy atom. The molecule has 41 heavy (non-hydrogen) atoms. The summed E-state index contributed by atoms with van der Waals surface area (Å²) in [5.74, 6) is -2.27. The van der Waals surface area contributed by atoms with Crippen LogP contribution in [0.2, 0.25) is 0 Å². The van der Waals surface area contributed by atoms with Crippen LogP contribution in [-0.4, -0.2) is 79.9 Å². The van der Waals surface area contributed by atoms with Crippen LogP contribution in [0, 0.1) is 5.92 Å². The number of aromatic nitrogens is 3. The van der Waals surface area contributed by atoms with E-state index < -0.39 is 47.9 Å². The molecule has 0 aliphatic rings. The van der Waals surface area contributed by atoms with Crippen molar-refractivity contribution in [3.05, 3.63) is 54.2 Å². The summed E-state index contributed by atoms with van der Waals surface area (Å²) in [4.78, 5) is 61.7. The van der Waals surface area contributed by atoms with Gasteiger partial charge in [-0.3, -0.25) is 14.4 Å². The highest BCUT2D eigenvalue weighted by atomic mass is 32.2. The number of carboxylic acid groups (broad SMARTS) is 1. The highest BCUT2D eigenvalue weighted by Gasteiger charge is 2.31. The van der Waals surface area contributed by atoms with Gasteiger partial charge in [0.25, 0.3) is 0 Å². The summed E-state index contributed by atoms with van der Waals surface area (Å²) in [6.45, 7) is 3.79. The van der Waals surface area contributed by atoms with Crippen molar-refractivity contribution in [1.29, 1.82) is 0 Å². The van der Waals surface area contributed by atoms with Crippen molar-refractivity contribution in [3.8, 4) is 0 Å². The topological polar surface area (TPSA) is 195 Å². The van der Waals surface area contributed by atoms with E-state index in [1.54, 1.807) is 12.4 Å². The summed E-state index contributed by atoms with van der Waals surface area (Å²) in [5.41, 5.74) is 8.50. The van der Waals surface area contributed by atoms with Gasteiger partial charge in [0, 0.05) is 41.8 Å². The second-order valence-corrected chi connectivity index (χ2v) is 11.4. The second kappa shape index (κ2) is 15.2. The first-order valence-electron chi connectivity index (χ1n) is 13.5. The average Bonchev–Trinajstić information content (AvgIpc) is 3.59. The molecule has 13 heteroatoms. The summed E-state index contributed by atoms with van der Waals surface area (Å²) < 4.78 is 0. The number of para-hydroxylation sites is 1. The lowest BCUT2D eigenvalue weighted by atomic mass is 10.00. The number of aromatic amines is 2. The molecule has 4 atom stereocenters. The number of benzene rings is 1. The molecule has 1 aromatic carbocycles. The lowest BCUT2D eigenvalue weighted by Crippen LogP contribution is -2.58. The van der Waals surface area contributed by atoms with Gasteiger partial charge < -0.3 is 36.8 Å². The number of thioether (sulfide) groups is 1. The Hall–Kier alpha value is -3.84. The van der Waals surface area contributed by atoms with E-state index >= 15 is 0 Å². The standard InChI is InChI=1S/C28H39N7O5S/c1-16(2)10-23(26(37)33-22(28(39)40)8-9-41-3)35-27(38)24(11-17-13-31-21-7-5-4-6-19(17)21)34-25(36)20(29)12-18-14-30-15-32-18/h4-7,13-16,20,22-24,31H,8-12,29H2,1-3H3,(H,30,32)(H,33,37)(H,34,36)(H,35,38)(H,39,40). The minimum absolute atomic E-state index is 0.0185. The number of hydrogen-bond donors (Lipinski definition) is 7. The average molecular weight is 586 g/mol. The van der Waals surface area contributed by atoms with Crippen molar-refractivity contribution >= 4 is 46.4 Å². The number of imidazole rings is 1. The Bertz CT molecular complexity index is 1310. The molecular formula is C28H39N7O5S. The number of amides is 3. The van der Waals surface area contributed by atoms with Crippen LogP contribution < -0.4 is 21.7 Å². The zero-order chi connectivity index (χ0) is 29.9. The number of carboxylic acids is 1. The Morgan fingerprint density at radius 2 is 1.66 bits per heavy atom. The number of rotatable bonds is 16. The van der Waals surface area contributed by atoms with E-state index in [1.807, 2.05) is 44.4 Å². The fourth-order valence-electron chi connectivity index (χ4n) is 4.48. The number of nitrogens with one attached hydrogen (secondary N) is 5. The van der Waals surface area contributed by atoms with Crippen LogP contribution in [0.1, 0.15) is 37.9 Å². The van der Waals surface area contributed by atoms with Crippen LogP contribution >= 0.6 is 11.8 Å². The number of aliphatic carboxylic acids is 1. The third-order valence-electron chi connectivity index (χ3n) is 6.63. The first-order valence-corrected chi connectivity index (χ1v) is 14.9. The summed E-state index contributed by atoms with van der Waals surface area (Å²) in [7, 11) is 0. The van der Waals surface area contributed by atoms with Crippen molar-refractivity contribution in [2.45, 2.75) is 63.7 Å². The maximum absolute atomic E-state index is 13.7. The predicted molar refractivity (Wildman–Crippen MR) is 158 cm³/mol. The molecule has 0 saturated carbocycles. The summed E-state index contributed by atoms with van der Waals surface area (Å²) in [6.07, 6.45) is 7.55. The number of carbonyl (C=O) groups excluding carboxylic acids is 3. The second-order valence-electron chi connectivity index (χ2n) is 10.4. The maximum atomic E-state index is 13.7. The van der Waals surface area contributed by atoms with Crippen molar-refractivity contribution in [2.75, 3.05) is 12.0 Å². The Balaban J connectivity index is 1.81. The highest BCUT2D eigenvalue weighted by Crippen LogP contribution is 2.19. The SMILES string of the molecule is CSCCC(NC(=O)C(CC(C)C)NC(=O)C(Cc1c[nH]c2ccccc12)NC(=O)C(N)Cc1cnc[nH]1)C(=O)O. The van der Waals surface area contributed by atoms with Gasteiger partial charge in [-0.1, -0.05) is 32.0 Å². The van der Waals surface area contributed by atoms with E-state index in [0.29, 0.717) is 11.4 Å².